The summed E-state index contributed by atoms with van der Waals surface area (Å²) in [5.41, 5.74) is -0.463. The monoisotopic (exact) mass is 225 g/mol. The number of nitriles is 1. The van der Waals surface area contributed by atoms with Gasteiger partial charge in [0.2, 0.25) is 0 Å². The zero-order chi connectivity index (χ0) is 12.2. The second-order valence-corrected chi connectivity index (χ2v) is 5.03. The third-order valence-corrected chi connectivity index (χ3v) is 2.29. The molecule has 0 aromatic rings. The number of ether oxygens (including phenoxy) is 1. The van der Waals surface area contributed by atoms with E-state index in [0.717, 1.165) is 19.5 Å². The number of hydrogen-bond donors (Lipinski definition) is 1. The molecule has 1 aliphatic heterocycles. The smallest absolute Gasteiger partial charge is 0.407 e. The molecule has 1 atom stereocenters. The van der Waals surface area contributed by atoms with Gasteiger partial charge in [-0.05, 0) is 27.2 Å². The molecule has 1 saturated heterocycles. The summed E-state index contributed by atoms with van der Waals surface area (Å²) >= 11 is 0. The molecule has 0 aromatic carbocycles. The number of carbonyl (C=O) groups excluding carboxylic acids is 1. The van der Waals surface area contributed by atoms with Crippen molar-refractivity contribution in [1.29, 1.82) is 5.26 Å². The molecule has 5 heteroatoms. The van der Waals surface area contributed by atoms with E-state index in [1.54, 1.807) is 0 Å². The lowest BCUT2D eigenvalue weighted by atomic mass is 10.2. The molecule has 1 heterocycles. The number of rotatable bonds is 2. The summed E-state index contributed by atoms with van der Waals surface area (Å²) in [7, 11) is 0. The fourth-order valence-corrected chi connectivity index (χ4v) is 1.67. The predicted molar refractivity (Wildman–Crippen MR) is 59.8 cm³/mol. The number of likely N-dealkylation sites (tertiary alicyclic amines) is 1. The first-order valence-corrected chi connectivity index (χ1v) is 5.49. The summed E-state index contributed by atoms with van der Waals surface area (Å²) < 4.78 is 5.16. The van der Waals surface area contributed by atoms with Crippen molar-refractivity contribution in [3.05, 3.63) is 0 Å². The van der Waals surface area contributed by atoms with E-state index in [4.69, 9.17) is 10.00 Å². The molecule has 5 nitrogen and oxygen atoms in total. The van der Waals surface area contributed by atoms with Gasteiger partial charge in [0.1, 0.15) is 5.60 Å². The second-order valence-electron chi connectivity index (χ2n) is 5.03. The Morgan fingerprint density at radius 2 is 2.31 bits per heavy atom. The normalized spacial score (nSPS) is 21.5. The minimum atomic E-state index is -0.463. The SMILES string of the molecule is CC(C)(C)OC(=O)N[C@@H]1CCN(CC#N)C1. The average molecular weight is 225 g/mol. The largest absolute Gasteiger partial charge is 0.444 e. The summed E-state index contributed by atoms with van der Waals surface area (Å²) in [5.74, 6) is 0. The van der Waals surface area contributed by atoms with Gasteiger partial charge in [-0.1, -0.05) is 0 Å². The molecule has 1 fully saturated rings. The molecule has 1 aliphatic rings. The Morgan fingerprint density at radius 1 is 1.62 bits per heavy atom. The van der Waals surface area contributed by atoms with Crippen molar-refractivity contribution in [2.75, 3.05) is 19.6 Å². The van der Waals surface area contributed by atoms with Crippen LogP contribution in [0, 0.1) is 11.3 Å². The van der Waals surface area contributed by atoms with Crippen LogP contribution < -0.4 is 5.32 Å². The van der Waals surface area contributed by atoms with Crippen LogP contribution in [0.2, 0.25) is 0 Å². The van der Waals surface area contributed by atoms with E-state index < -0.39 is 5.60 Å². The first-order chi connectivity index (χ1) is 7.40. The van der Waals surface area contributed by atoms with Gasteiger partial charge in [-0.3, -0.25) is 4.90 Å². The summed E-state index contributed by atoms with van der Waals surface area (Å²) in [6, 6.07) is 2.20. The molecule has 0 radical (unpaired) electrons. The van der Waals surface area contributed by atoms with Crippen LogP contribution in [0.1, 0.15) is 27.2 Å². The fourth-order valence-electron chi connectivity index (χ4n) is 1.67. The Morgan fingerprint density at radius 3 is 2.88 bits per heavy atom. The van der Waals surface area contributed by atoms with E-state index in [1.165, 1.54) is 0 Å². The highest BCUT2D eigenvalue weighted by molar-refractivity contribution is 5.68. The standard InChI is InChI=1S/C11H19N3O2/c1-11(2,3)16-10(15)13-9-4-6-14(8-9)7-5-12/h9H,4,6-8H2,1-3H3,(H,13,15)/t9-/m1/s1. The van der Waals surface area contributed by atoms with E-state index in [9.17, 15) is 4.79 Å². The van der Waals surface area contributed by atoms with Crippen LogP contribution in [0.25, 0.3) is 0 Å². The Hall–Kier alpha value is -1.28. The van der Waals surface area contributed by atoms with Crippen LogP contribution in [0.4, 0.5) is 4.79 Å². The lowest BCUT2D eigenvalue weighted by Crippen LogP contribution is -2.40. The molecule has 0 saturated carbocycles. The molecule has 0 aromatic heterocycles. The van der Waals surface area contributed by atoms with E-state index in [2.05, 4.69) is 11.4 Å². The fraction of sp³-hybridized carbons (Fsp3) is 0.818. The van der Waals surface area contributed by atoms with Gasteiger partial charge in [-0.2, -0.15) is 5.26 Å². The van der Waals surface area contributed by atoms with Gasteiger partial charge in [-0.15, -0.1) is 0 Å². The molecule has 90 valence electrons. The molecule has 0 aliphatic carbocycles. The molecule has 1 rings (SSSR count). The Kier molecular flexibility index (Phi) is 4.13. The summed E-state index contributed by atoms with van der Waals surface area (Å²) in [4.78, 5) is 13.5. The number of hydrogen-bond acceptors (Lipinski definition) is 4. The highest BCUT2D eigenvalue weighted by Crippen LogP contribution is 2.11. The summed E-state index contributed by atoms with van der Waals surface area (Å²) in [5, 5.41) is 11.4. The maximum absolute atomic E-state index is 11.5. The first-order valence-electron chi connectivity index (χ1n) is 5.49. The van der Waals surface area contributed by atoms with Crippen LogP contribution >= 0.6 is 0 Å². The van der Waals surface area contributed by atoms with Crippen molar-refractivity contribution < 1.29 is 9.53 Å². The maximum Gasteiger partial charge on any atom is 0.407 e. The van der Waals surface area contributed by atoms with Gasteiger partial charge in [0, 0.05) is 19.1 Å². The van der Waals surface area contributed by atoms with E-state index in [-0.39, 0.29) is 12.1 Å². The van der Waals surface area contributed by atoms with Gasteiger partial charge in [-0.25, -0.2) is 4.79 Å². The van der Waals surface area contributed by atoms with Crippen LogP contribution in [-0.4, -0.2) is 42.3 Å². The van der Waals surface area contributed by atoms with Crippen molar-refractivity contribution >= 4 is 6.09 Å². The van der Waals surface area contributed by atoms with Crippen molar-refractivity contribution in [3.8, 4) is 6.07 Å². The van der Waals surface area contributed by atoms with Crippen molar-refractivity contribution in [1.82, 2.24) is 10.2 Å². The summed E-state index contributed by atoms with van der Waals surface area (Å²) in [6.07, 6.45) is 0.497. The lowest BCUT2D eigenvalue weighted by Gasteiger charge is -2.21. The number of carbonyl (C=O) groups is 1. The molecular formula is C11H19N3O2. The third kappa shape index (κ3) is 4.49. The second kappa shape index (κ2) is 5.17. The number of nitrogens with one attached hydrogen (secondary N) is 1. The maximum atomic E-state index is 11.5. The van der Waals surface area contributed by atoms with E-state index in [1.807, 2.05) is 25.7 Å². The lowest BCUT2D eigenvalue weighted by molar-refractivity contribution is 0.0506. The Labute approximate surface area is 96.4 Å². The minimum Gasteiger partial charge on any atom is -0.444 e. The number of amides is 1. The Balaban J connectivity index is 2.29. The first kappa shape index (κ1) is 12.8. The molecule has 0 unspecified atom stereocenters. The highest BCUT2D eigenvalue weighted by atomic mass is 16.6. The van der Waals surface area contributed by atoms with Gasteiger partial charge >= 0.3 is 6.09 Å². The van der Waals surface area contributed by atoms with Crippen molar-refractivity contribution in [3.63, 3.8) is 0 Å². The number of nitrogens with zero attached hydrogens (tertiary/aromatic N) is 2. The van der Waals surface area contributed by atoms with Gasteiger partial charge < -0.3 is 10.1 Å². The van der Waals surface area contributed by atoms with Gasteiger partial charge in [0.25, 0.3) is 0 Å². The molecule has 0 bridgehead atoms. The molecule has 0 spiro atoms. The van der Waals surface area contributed by atoms with Gasteiger partial charge in [0.05, 0.1) is 12.6 Å². The van der Waals surface area contributed by atoms with E-state index >= 15 is 0 Å². The van der Waals surface area contributed by atoms with Crippen LogP contribution in [0.15, 0.2) is 0 Å². The Bertz CT molecular complexity index is 291. The predicted octanol–water partition coefficient (Wildman–Crippen LogP) is 1.11. The minimum absolute atomic E-state index is 0.100. The topological polar surface area (TPSA) is 65.4 Å². The average Bonchev–Trinajstić information content (AvgIpc) is 2.49. The third-order valence-electron chi connectivity index (χ3n) is 2.29. The van der Waals surface area contributed by atoms with Crippen LogP contribution in [-0.2, 0) is 4.74 Å². The van der Waals surface area contributed by atoms with Crippen LogP contribution in [0.5, 0.6) is 0 Å². The quantitative estimate of drug-likeness (QED) is 0.715. The summed E-state index contributed by atoms with van der Waals surface area (Å²) in [6.45, 7) is 7.52. The van der Waals surface area contributed by atoms with Crippen molar-refractivity contribution in [2.24, 2.45) is 0 Å². The van der Waals surface area contributed by atoms with Crippen molar-refractivity contribution in [2.45, 2.75) is 38.8 Å². The number of alkyl carbamates (subject to hydrolysis) is 1. The molecule has 1 N–H and O–H groups in total. The molecular weight excluding hydrogens is 206 g/mol. The zero-order valence-corrected chi connectivity index (χ0v) is 10.1. The highest BCUT2D eigenvalue weighted by Gasteiger charge is 2.25. The molecule has 16 heavy (non-hydrogen) atoms. The van der Waals surface area contributed by atoms with E-state index in [0.29, 0.717) is 6.54 Å². The molecule has 1 amide bonds. The van der Waals surface area contributed by atoms with Crippen LogP contribution in [0.3, 0.4) is 0 Å². The van der Waals surface area contributed by atoms with Gasteiger partial charge in [0.15, 0.2) is 0 Å². The zero-order valence-electron chi connectivity index (χ0n) is 10.1.